The summed E-state index contributed by atoms with van der Waals surface area (Å²) in [7, 11) is 0. The SMILES string of the molecule is O=C(O)CC/C(=N\O)c1ccc(-c2ccc(F)cc2F)cc1. The Morgan fingerprint density at radius 2 is 1.73 bits per heavy atom. The summed E-state index contributed by atoms with van der Waals surface area (Å²) in [6.45, 7) is 0. The highest BCUT2D eigenvalue weighted by Gasteiger charge is 2.10. The number of benzene rings is 2. The van der Waals surface area contributed by atoms with Crippen LogP contribution < -0.4 is 0 Å². The molecule has 4 nitrogen and oxygen atoms in total. The van der Waals surface area contributed by atoms with Crippen molar-refractivity contribution in [2.75, 3.05) is 0 Å². The number of carbonyl (C=O) groups is 1. The second kappa shape index (κ2) is 6.80. The molecule has 0 aliphatic heterocycles. The van der Waals surface area contributed by atoms with Gasteiger partial charge in [0.1, 0.15) is 11.6 Å². The topological polar surface area (TPSA) is 69.9 Å². The number of nitrogens with zero attached hydrogens (tertiary/aromatic N) is 1. The Bertz CT molecular complexity index is 712. The summed E-state index contributed by atoms with van der Waals surface area (Å²) in [5.41, 5.74) is 1.56. The van der Waals surface area contributed by atoms with Crippen molar-refractivity contribution in [1.82, 2.24) is 0 Å². The van der Waals surface area contributed by atoms with Gasteiger partial charge in [-0.05, 0) is 23.3 Å². The highest BCUT2D eigenvalue weighted by Crippen LogP contribution is 2.24. The average molecular weight is 305 g/mol. The molecular formula is C16H13F2NO3. The van der Waals surface area contributed by atoms with Crippen molar-refractivity contribution >= 4 is 11.7 Å². The van der Waals surface area contributed by atoms with Crippen molar-refractivity contribution in [3.63, 3.8) is 0 Å². The fourth-order valence-corrected chi connectivity index (χ4v) is 2.04. The van der Waals surface area contributed by atoms with E-state index >= 15 is 0 Å². The highest BCUT2D eigenvalue weighted by molar-refractivity contribution is 6.01. The molecule has 2 rings (SSSR count). The third-order valence-corrected chi connectivity index (χ3v) is 3.16. The zero-order valence-corrected chi connectivity index (χ0v) is 11.5. The van der Waals surface area contributed by atoms with Gasteiger partial charge in [-0.1, -0.05) is 29.4 Å². The lowest BCUT2D eigenvalue weighted by atomic mass is 10.00. The maximum atomic E-state index is 13.7. The molecule has 0 saturated carbocycles. The predicted octanol–water partition coefficient (Wildman–Crippen LogP) is 3.67. The first-order valence-corrected chi connectivity index (χ1v) is 6.50. The second-order valence-electron chi connectivity index (χ2n) is 4.64. The standard InChI is InChI=1S/C16H13F2NO3/c17-12-5-6-13(14(18)9-12)10-1-3-11(4-2-10)15(19-22)7-8-16(20)21/h1-6,9,22H,7-8H2,(H,20,21)/b19-15+. The van der Waals surface area contributed by atoms with Gasteiger partial charge in [-0.15, -0.1) is 0 Å². The monoisotopic (exact) mass is 305 g/mol. The molecule has 2 aromatic rings. The van der Waals surface area contributed by atoms with Crippen molar-refractivity contribution < 1.29 is 23.9 Å². The van der Waals surface area contributed by atoms with Crippen LogP contribution in [0.4, 0.5) is 8.78 Å². The number of hydrogen-bond acceptors (Lipinski definition) is 3. The van der Waals surface area contributed by atoms with Gasteiger partial charge in [-0.25, -0.2) is 8.78 Å². The van der Waals surface area contributed by atoms with E-state index in [1.54, 1.807) is 24.3 Å². The normalized spacial score (nSPS) is 11.5. The summed E-state index contributed by atoms with van der Waals surface area (Å²) in [6.07, 6.45) is -0.0795. The lowest BCUT2D eigenvalue weighted by molar-refractivity contribution is -0.136. The van der Waals surface area contributed by atoms with Gasteiger partial charge >= 0.3 is 5.97 Å². The van der Waals surface area contributed by atoms with Crippen LogP contribution in [-0.2, 0) is 4.79 Å². The summed E-state index contributed by atoms with van der Waals surface area (Å²) in [5.74, 6) is -2.32. The number of oxime groups is 1. The Kier molecular flexibility index (Phi) is 4.83. The minimum atomic E-state index is -0.994. The van der Waals surface area contributed by atoms with Crippen LogP contribution in [0.5, 0.6) is 0 Å². The van der Waals surface area contributed by atoms with Crippen molar-refractivity contribution in [2.24, 2.45) is 5.16 Å². The number of carboxylic acid groups (broad SMARTS) is 1. The zero-order chi connectivity index (χ0) is 16.1. The van der Waals surface area contributed by atoms with Gasteiger partial charge in [0, 0.05) is 18.1 Å². The van der Waals surface area contributed by atoms with Crippen LogP contribution >= 0.6 is 0 Å². The van der Waals surface area contributed by atoms with Crippen molar-refractivity contribution in [3.8, 4) is 11.1 Å². The lowest BCUT2D eigenvalue weighted by Gasteiger charge is -2.07. The fraction of sp³-hybridized carbons (Fsp3) is 0.125. The summed E-state index contributed by atoms with van der Waals surface area (Å²) in [4.78, 5) is 10.5. The smallest absolute Gasteiger partial charge is 0.303 e. The molecule has 0 bridgehead atoms. The third kappa shape index (κ3) is 3.66. The fourth-order valence-electron chi connectivity index (χ4n) is 2.04. The largest absolute Gasteiger partial charge is 0.481 e. The van der Waals surface area contributed by atoms with Gasteiger partial charge in [-0.2, -0.15) is 0 Å². The number of rotatable bonds is 5. The van der Waals surface area contributed by atoms with Crippen LogP contribution in [0.3, 0.4) is 0 Å². The maximum absolute atomic E-state index is 13.7. The van der Waals surface area contributed by atoms with Crippen molar-refractivity contribution in [1.29, 1.82) is 0 Å². The van der Waals surface area contributed by atoms with Gasteiger partial charge < -0.3 is 10.3 Å². The third-order valence-electron chi connectivity index (χ3n) is 3.16. The number of carboxylic acids is 1. The predicted molar refractivity (Wildman–Crippen MR) is 77.0 cm³/mol. The van der Waals surface area contributed by atoms with Crippen LogP contribution in [-0.4, -0.2) is 22.0 Å². The minimum absolute atomic E-state index is 0.0795. The quantitative estimate of drug-likeness (QED) is 0.503. The van der Waals surface area contributed by atoms with Crippen LogP contribution in [0.25, 0.3) is 11.1 Å². The first-order valence-electron chi connectivity index (χ1n) is 6.50. The zero-order valence-electron chi connectivity index (χ0n) is 11.5. The number of halogens is 2. The van der Waals surface area contributed by atoms with Crippen LogP contribution in [0.2, 0.25) is 0 Å². The van der Waals surface area contributed by atoms with E-state index in [0.29, 0.717) is 11.1 Å². The summed E-state index contributed by atoms with van der Waals surface area (Å²) >= 11 is 0. The molecule has 114 valence electrons. The van der Waals surface area contributed by atoms with E-state index in [1.807, 2.05) is 0 Å². The number of hydrogen-bond donors (Lipinski definition) is 2. The molecule has 0 radical (unpaired) electrons. The highest BCUT2D eigenvalue weighted by atomic mass is 19.1. The molecule has 0 spiro atoms. The Labute approximate surface area is 125 Å². The first-order chi connectivity index (χ1) is 10.5. The molecule has 2 N–H and O–H groups in total. The van der Waals surface area contributed by atoms with E-state index < -0.39 is 17.6 Å². The number of aliphatic carboxylic acids is 1. The average Bonchev–Trinajstić information content (AvgIpc) is 2.48. The summed E-state index contributed by atoms with van der Waals surface area (Å²) < 4.78 is 26.6. The molecule has 0 heterocycles. The molecule has 0 atom stereocenters. The molecule has 2 aromatic carbocycles. The molecule has 0 saturated heterocycles. The summed E-state index contributed by atoms with van der Waals surface area (Å²) in [6, 6.07) is 9.68. The van der Waals surface area contributed by atoms with E-state index in [1.165, 1.54) is 12.1 Å². The van der Waals surface area contributed by atoms with Crippen LogP contribution in [0, 0.1) is 11.6 Å². The van der Waals surface area contributed by atoms with Gasteiger partial charge in [0.2, 0.25) is 0 Å². The van der Waals surface area contributed by atoms with Crippen molar-refractivity contribution in [3.05, 3.63) is 59.7 Å². The van der Waals surface area contributed by atoms with Gasteiger partial charge in [0.05, 0.1) is 12.1 Å². The minimum Gasteiger partial charge on any atom is -0.481 e. The van der Waals surface area contributed by atoms with E-state index in [4.69, 9.17) is 10.3 Å². The van der Waals surface area contributed by atoms with E-state index in [9.17, 15) is 13.6 Å². The van der Waals surface area contributed by atoms with E-state index in [2.05, 4.69) is 5.16 Å². The van der Waals surface area contributed by atoms with Crippen LogP contribution in [0.15, 0.2) is 47.6 Å². The Morgan fingerprint density at radius 1 is 1.05 bits per heavy atom. The molecule has 0 unspecified atom stereocenters. The first kappa shape index (κ1) is 15.6. The molecule has 0 fully saturated rings. The molecule has 0 aliphatic rings. The molecule has 0 aliphatic carbocycles. The maximum Gasteiger partial charge on any atom is 0.303 e. The molecule has 22 heavy (non-hydrogen) atoms. The van der Waals surface area contributed by atoms with Crippen molar-refractivity contribution in [2.45, 2.75) is 12.8 Å². The Balaban J connectivity index is 2.24. The van der Waals surface area contributed by atoms with Gasteiger partial charge in [0.15, 0.2) is 0 Å². The second-order valence-corrected chi connectivity index (χ2v) is 4.64. The van der Waals surface area contributed by atoms with E-state index in [0.717, 1.165) is 6.07 Å². The molecule has 6 heteroatoms. The van der Waals surface area contributed by atoms with Crippen LogP contribution in [0.1, 0.15) is 18.4 Å². The van der Waals surface area contributed by atoms with Gasteiger partial charge in [0.25, 0.3) is 0 Å². The molecule has 0 amide bonds. The van der Waals surface area contributed by atoms with E-state index in [-0.39, 0.29) is 24.1 Å². The molecule has 0 aromatic heterocycles. The Morgan fingerprint density at radius 3 is 2.27 bits per heavy atom. The summed E-state index contributed by atoms with van der Waals surface area (Å²) in [5, 5.41) is 20.7. The lowest BCUT2D eigenvalue weighted by Crippen LogP contribution is -2.05. The molecular weight excluding hydrogens is 292 g/mol. The van der Waals surface area contributed by atoms with Gasteiger partial charge in [-0.3, -0.25) is 4.79 Å². The Hall–Kier alpha value is -2.76.